The highest BCUT2D eigenvalue weighted by atomic mass is 16.5. The molecule has 2 amide bonds. The van der Waals surface area contributed by atoms with Crippen molar-refractivity contribution >= 4 is 17.8 Å². The lowest BCUT2D eigenvalue weighted by Gasteiger charge is -2.34. The Balaban J connectivity index is 1.32. The highest BCUT2D eigenvalue weighted by Gasteiger charge is 2.27. The number of rotatable bonds is 5. The van der Waals surface area contributed by atoms with E-state index in [-0.39, 0.29) is 24.2 Å². The molecule has 0 bridgehead atoms. The number of amides is 2. The summed E-state index contributed by atoms with van der Waals surface area (Å²) >= 11 is 0. The molecule has 0 unspecified atom stereocenters. The molecule has 3 aromatic rings. The van der Waals surface area contributed by atoms with Crippen LogP contribution in [0.4, 0.5) is 0 Å². The van der Waals surface area contributed by atoms with Crippen LogP contribution in [0.2, 0.25) is 0 Å². The molecule has 4 rings (SSSR count). The van der Waals surface area contributed by atoms with Crippen molar-refractivity contribution in [1.29, 1.82) is 0 Å². The number of hydrogen-bond donors (Lipinski definition) is 0. The van der Waals surface area contributed by atoms with Gasteiger partial charge in [-0.05, 0) is 44.2 Å². The Kier molecular flexibility index (Phi) is 6.11. The van der Waals surface area contributed by atoms with Crippen molar-refractivity contribution in [1.82, 2.24) is 14.4 Å². The van der Waals surface area contributed by atoms with Gasteiger partial charge in [0.15, 0.2) is 12.4 Å². The maximum atomic E-state index is 12.7. The highest BCUT2D eigenvalue weighted by molar-refractivity contribution is 5.93. The molecule has 8 heteroatoms. The number of nitrogens with zero attached hydrogens (tertiary/aromatic N) is 3. The Morgan fingerprint density at radius 3 is 2.28 bits per heavy atom. The van der Waals surface area contributed by atoms with Crippen LogP contribution in [0.3, 0.4) is 0 Å². The molecule has 1 saturated heterocycles. The van der Waals surface area contributed by atoms with Crippen molar-refractivity contribution in [2.75, 3.05) is 32.8 Å². The Labute approximate surface area is 186 Å². The van der Waals surface area contributed by atoms with Gasteiger partial charge in [0.05, 0.1) is 11.8 Å². The molecule has 0 N–H and O–H groups in total. The smallest absolute Gasteiger partial charge is 0.340 e. The highest BCUT2D eigenvalue weighted by Crippen LogP contribution is 2.21. The maximum Gasteiger partial charge on any atom is 0.340 e. The summed E-state index contributed by atoms with van der Waals surface area (Å²) in [5.74, 6) is -0.713. The van der Waals surface area contributed by atoms with Crippen LogP contribution in [0, 0.1) is 13.8 Å². The normalized spacial score (nSPS) is 13.8. The summed E-state index contributed by atoms with van der Waals surface area (Å²) in [6.07, 6.45) is 1.46. The number of esters is 1. The van der Waals surface area contributed by atoms with Crippen LogP contribution in [0.25, 0.3) is 5.69 Å². The molecule has 2 aromatic heterocycles. The fourth-order valence-corrected chi connectivity index (χ4v) is 3.96. The molecule has 8 nitrogen and oxygen atoms in total. The van der Waals surface area contributed by atoms with Crippen molar-refractivity contribution < 1.29 is 23.5 Å². The Morgan fingerprint density at radius 2 is 1.62 bits per heavy atom. The predicted molar refractivity (Wildman–Crippen MR) is 117 cm³/mol. The zero-order valence-corrected chi connectivity index (χ0v) is 18.1. The van der Waals surface area contributed by atoms with Crippen molar-refractivity contribution in [3.63, 3.8) is 0 Å². The van der Waals surface area contributed by atoms with Crippen molar-refractivity contribution in [2.24, 2.45) is 0 Å². The number of aromatic nitrogens is 1. The van der Waals surface area contributed by atoms with Gasteiger partial charge in [-0.3, -0.25) is 9.59 Å². The number of benzene rings is 1. The molecule has 0 atom stereocenters. The summed E-state index contributed by atoms with van der Waals surface area (Å²) in [5, 5.41) is 0. The first kappa shape index (κ1) is 21.4. The zero-order valence-electron chi connectivity index (χ0n) is 18.1. The first-order valence-electron chi connectivity index (χ1n) is 10.5. The number of para-hydroxylation sites is 1. The number of carbonyl (C=O) groups is 3. The Hall–Kier alpha value is -3.81. The monoisotopic (exact) mass is 435 g/mol. The fourth-order valence-electron chi connectivity index (χ4n) is 3.96. The number of aryl methyl sites for hydroxylation is 1. The fraction of sp³-hybridized carbons (Fsp3) is 0.292. The van der Waals surface area contributed by atoms with Crippen LogP contribution >= 0.6 is 0 Å². The molecule has 0 saturated carbocycles. The van der Waals surface area contributed by atoms with E-state index in [0.717, 1.165) is 17.1 Å². The molecule has 1 aromatic carbocycles. The van der Waals surface area contributed by atoms with Gasteiger partial charge >= 0.3 is 5.97 Å². The third-order valence-corrected chi connectivity index (χ3v) is 5.64. The Bertz CT molecular complexity index is 1110. The number of furan rings is 1. The topological polar surface area (TPSA) is 85.0 Å². The van der Waals surface area contributed by atoms with Gasteiger partial charge in [-0.2, -0.15) is 0 Å². The second-order valence-corrected chi connectivity index (χ2v) is 7.68. The van der Waals surface area contributed by atoms with Gasteiger partial charge in [0, 0.05) is 43.3 Å². The van der Waals surface area contributed by atoms with Gasteiger partial charge in [0.2, 0.25) is 0 Å². The molecular weight excluding hydrogens is 410 g/mol. The van der Waals surface area contributed by atoms with Crippen LogP contribution in [-0.2, 0) is 9.53 Å². The minimum Gasteiger partial charge on any atom is -0.459 e. The first-order chi connectivity index (χ1) is 15.5. The predicted octanol–water partition coefficient (Wildman–Crippen LogP) is 2.83. The first-order valence-corrected chi connectivity index (χ1v) is 10.5. The number of hydrogen-bond acceptors (Lipinski definition) is 5. The molecule has 32 heavy (non-hydrogen) atoms. The van der Waals surface area contributed by atoms with E-state index in [2.05, 4.69) is 0 Å². The van der Waals surface area contributed by atoms with Crippen LogP contribution in [-0.4, -0.2) is 64.9 Å². The van der Waals surface area contributed by atoms with Crippen molar-refractivity contribution in [3.8, 4) is 5.69 Å². The third-order valence-electron chi connectivity index (χ3n) is 5.64. The van der Waals surface area contributed by atoms with Gasteiger partial charge in [0.1, 0.15) is 0 Å². The summed E-state index contributed by atoms with van der Waals surface area (Å²) in [4.78, 5) is 40.8. The van der Waals surface area contributed by atoms with E-state index in [9.17, 15) is 14.4 Å². The van der Waals surface area contributed by atoms with E-state index in [1.54, 1.807) is 28.0 Å². The number of carbonyl (C=O) groups excluding carboxylic acids is 3. The van der Waals surface area contributed by atoms with Crippen LogP contribution in [0.5, 0.6) is 0 Å². The minimum atomic E-state index is -0.528. The zero-order chi connectivity index (χ0) is 22.7. The molecule has 166 valence electrons. The molecule has 3 heterocycles. The van der Waals surface area contributed by atoms with E-state index in [1.807, 2.05) is 48.7 Å². The van der Waals surface area contributed by atoms with Crippen LogP contribution in [0.1, 0.15) is 32.3 Å². The van der Waals surface area contributed by atoms with Crippen molar-refractivity contribution in [3.05, 3.63) is 77.5 Å². The van der Waals surface area contributed by atoms with Crippen molar-refractivity contribution in [2.45, 2.75) is 13.8 Å². The van der Waals surface area contributed by atoms with Gasteiger partial charge < -0.3 is 23.5 Å². The average molecular weight is 435 g/mol. The van der Waals surface area contributed by atoms with Crippen LogP contribution in [0.15, 0.2) is 59.2 Å². The lowest BCUT2D eigenvalue weighted by molar-refractivity contribution is -0.136. The molecule has 0 spiro atoms. The SMILES string of the molecule is Cc1cc(C(=O)OCC(=O)N2CCN(C(=O)c3ccco3)CC2)c(C)n1-c1ccccc1. The van der Waals surface area contributed by atoms with E-state index in [0.29, 0.717) is 31.7 Å². The largest absolute Gasteiger partial charge is 0.459 e. The summed E-state index contributed by atoms with van der Waals surface area (Å²) in [6.45, 7) is 5.00. The van der Waals surface area contributed by atoms with E-state index in [1.165, 1.54) is 6.26 Å². The third kappa shape index (κ3) is 4.30. The molecular formula is C24H25N3O5. The second kappa shape index (κ2) is 9.13. The van der Waals surface area contributed by atoms with E-state index in [4.69, 9.17) is 9.15 Å². The molecule has 1 aliphatic heterocycles. The average Bonchev–Trinajstić information content (AvgIpc) is 3.45. The lowest BCUT2D eigenvalue weighted by Crippen LogP contribution is -2.51. The van der Waals surface area contributed by atoms with E-state index < -0.39 is 5.97 Å². The van der Waals surface area contributed by atoms with Gasteiger partial charge in [0.25, 0.3) is 11.8 Å². The number of ether oxygens (including phenoxy) is 1. The summed E-state index contributed by atoms with van der Waals surface area (Å²) in [6, 6.07) is 14.8. The molecule has 1 aliphatic rings. The van der Waals surface area contributed by atoms with Crippen LogP contribution < -0.4 is 0 Å². The standard InChI is InChI=1S/C24H25N3O5/c1-17-15-20(18(2)27(17)19-7-4-3-5-8-19)24(30)32-16-22(28)25-10-12-26(13-11-25)23(29)21-9-6-14-31-21/h3-9,14-15H,10-13,16H2,1-2H3. The minimum absolute atomic E-state index is 0.192. The van der Waals surface area contributed by atoms with Gasteiger partial charge in [-0.1, -0.05) is 18.2 Å². The lowest BCUT2D eigenvalue weighted by atomic mass is 10.2. The Morgan fingerprint density at radius 1 is 0.938 bits per heavy atom. The van der Waals surface area contributed by atoms with Gasteiger partial charge in [-0.25, -0.2) is 4.79 Å². The van der Waals surface area contributed by atoms with E-state index >= 15 is 0 Å². The summed E-state index contributed by atoms with van der Waals surface area (Å²) in [5.41, 5.74) is 3.06. The maximum absolute atomic E-state index is 12.7. The summed E-state index contributed by atoms with van der Waals surface area (Å²) in [7, 11) is 0. The molecule has 1 fully saturated rings. The second-order valence-electron chi connectivity index (χ2n) is 7.68. The molecule has 0 aliphatic carbocycles. The quantitative estimate of drug-likeness (QED) is 0.576. The molecule has 0 radical (unpaired) electrons. The summed E-state index contributed by atoms with van der Waals surface area (Å²) < 4.78 is 12.4. The van der Waals surface area contributed by atoms with Gasteiger partial charge in [-0.15, -0.1) is 0 Å². The number of piperazine rings is 1.